The molecular formula is C62H63N14O22PS5. The summed E-state index contributed by atoms with van der Waals surface area (Å²) in [4.78, 5) is 170. The summed E-state index contributed by atoms with van der Waals surface area (Å²) in [5.74, 6) is -8.72. The number of aliphatic hydroxyl groups is 2. The van der Waals surface area contributed by atoms with Crippen LogP contribution in [0.2, 0.25) is 0 Å². The van der Waals surface area contributed by atoms with Gasteiger partial charge in [0.1, 0.15) is 120 Å². The fourth-order valence-electron chi connectivity index (χ4n) is 12.0. The number of hydrogen-bond donors (Lipinski definition) is 11. The van der Waals surface area contributed by atoms with Crippen LogP contribution in [0.4, 0.5) is 0 Å². The zero-order chi connectivity index (χ0) is 74.5. The second-order valence-corrected chi connectivity index (χ2v) is 29.8. The van der Waals surface area contributed by atoms with Crippen molar-refractivity contribution >= 4 is 128 Å². The predicted octanol–water partition coefficient (Wildman–Crippen LogP) is 3.15. The molecule has 11 heterocycles. The molecule has 12 N–H and O–H groups in total. The Bertz CT molecular complexity index is 4860. The first kappa shape index (κ1) is 74.3. The molecule has 548 valence electrons. The van der Waals surface area contributed by atoms with E-state index in [0.717, 1.165) is 61.4 Å². The summed E-state index contributed by atoms with van der Waals surface area (Å²) in [6.45, 7) is 6.07. The number of esters is 2. The Morgan fingerprint density at radius 2 is 1.54 bits per heavy atom. The van der Waals surface area contributed by atoms with Crippen LogP contribution in [-0.2, 0) is 65.1 Å². The fourth-order valence-corrected chi connectivity index (χ4v) is 16.4. The van der Waals surface area contributed by atoms with Crippen molar-refractivity contribution < 1.29 is 106 Å². The number of benzene rings is 1. The summed E-state index contributed by atoms with van der Waals surface area (Å²) in [5, 5.41) is 54.8. The number of nitrogens with two attached hydrogens (primary N) is 1. The molecule has 1 aromatic carbocycles. The van der Waals surface area contributed by atoms with Crippen LogP contribution in [-0.4, -0.2) is 195 Å². The molecule has 12 bridgehead atoms. The Kier molecular flexibility index (Phi) is 21.4. The summed E-state index contributed by atoms with van der Waals surface area (Å²) < 4.78 is 55.6. The van der Waals surface area contributed by atoms with Crippen molar-refractivity contribution in [1.82, 2.24) is 66.1 Å². The third kappa shape index (κ3) is 15.4. The molecule has 1 unspecified atom stereocenters. The Morgan fingerprint density at radius 1 is 0.875 bits per heavy atom. The van der Waals surface area contributed by atoms with E-state index in [9.17, 15) is 48.8 Å². The molecule has 104 heavy (non-hydrogen) atoms. The number of allylic oxidation sites excluding steroid dienone is 1. The molecule has 42 heteroatoms. The van der Waals surface area contributed by atoms with Gasteiger partial charge in [-0.05, 0) is 59.5 Å². The van der Waals surface area contributed by atoms with Crippen molar-refractivity contribution in [2.45, 2.75) is 108 Å². The number of nitrogens with zero attached hydrogens (tertiary/aromatic N) is 8. The number of nitrogens with one attached hydrogen (secondary N) is 5. The molecule has 1 fully saturated rings. The van der Waals surface area contributed by atoms with Gasteiger partial charge in [0.05, 0.1) is 48.8 Å². The minimum absolute atomic E-state index is 0.00449. The Balaban J connectivity index is 1.06. The lowest BCUT2D eigenvalue weighted by molar-refractivity contribution is -0.280. The first-order valence-electron chi connectivity index (χ1n) is 31.0. The molecule has 0 spiro atoms. The van der Waals surface area contributed by atoms with Gasteiger partial charge in [-0.25, -0.2) is 48.6 Å². The lowest BCUT2D eigenvalue weighted by Crippen LogP contribution is -2.62. The largest absolute Gasteiger partial charge is 0.506 e. The van der Waals surface area contributed by atoms with E-state index in [0.29, 0.717) is 0 Å². The summed E-state index contributed by atoms with van der Waals surface area (Å²) in [7, 11) is -0.515. The zero-order valence-corrected chi connectivity index (χ0v) is 60.4. The Hall–Kier alpha value is -9.43. The number of rotatable bonds is 13. The minimum Gasteiger partial charge on any atom is -0.506 e. The van der Waals surface area contributed by atoms with Crippen LogP contribution < -0.4 is 37.2 Å². The highest BCUT2D eigenvalue weighted by Crippen LogP contribution is 2.44. The smallest absolute Gasteiger partial charge is 0.472 e. The summed E-state index contributed by atoms with van der Waals surface area (Å²) >= 11 is 4.27. The van der Waals surface area contributed by atoms with E-state index in [2.05, 4.69) is 48.1 Å². The number of cyclic esters (lactones) is 2. The van der Waals surface area contributed by atoms with Gasteiger partial charge in [0.2, 0.25) is 12.7 Å². The maximum absolute atomic E-state index is 15.5. The van der Waals surface area contributed by atoms with Crippen LogP contribution in [0.1, 0.15) is 125 Å². The van der Waals surface area contributed by atoms with Crippen LogP contribution in [0, 0.1) is 0 Å². The molecule has 0 saturated carbocycles. The average molecular weight is 1550 g/mol. The van der Waals surface area contributed by atoms with Gasteiger partial charge < -0.3 is 95.6 Å². The van der Waals surface area contributed by atoms with Crippen molar-refractivity contribution in [2.75, 3.05) is 34.6 Å². The van der Waals surface area contributed by atoms with Gasteiger partial charge in [-0.1, -0.05) is 18.7 Å². The van der Waals surface area contributed by atoms with E-state index in [-0.39, 0.29) is 110 Å². The van der Waals surface area contributed by atoms with Gasteiger partial charge in [0.25, 0.3) is 29.5 Å². The van der Waals surface area contributed by atoms with Gasteiger partial charge in [-0.15, -0.1) is 56.7 Å². The van der Waals surface area contributed by atoms with E-state index in [4.69, 9.17) is 58.5 Å². The molecule has 4 aliphatic rings. The van der Waals surface area contributed by atoms with Gasteiger partial charge in [-0.2, -0.15) is 4.73 Å². The number of primary amides is 1. The SMILES string of the molecule is C=C(NC(=O)c1csc(-c2nc3c(cc2O)-c2nc(cs2)C(=O)N[C@@H]([C@@H](C)O)C(=O)N/C(=C(\C)OC)c2nc(cs2)C(=O)N[C@@H]2c4nc(cs4)C(=O)N[C@@H](COC(=O)c4c5c6c(cccc6n4OCOP(=O)(O)O)COC(=O)[C@@H](OC4C[C@](C)(O)[C@H](N(C)C)[C@H](C)O4)[C@H]2OC5)c2nc-3cs2)n1)C(N)=O. The van der Waals surface area contributed by atoms with E-state index < -0.39 is 159 Å². The molecule has 4 aliphatic heterocycles. The maximum Gasteiger partial charge on any atom is 0.472 e. The molecule has 36 nitrogen and oxygen atoms in total. The number of hydrogen-bond acceptors (Lipinski definition) is 32. The molecular weight excluding hydrogens is 1480 g/mol. The van der Waals surface area contributed by atoms with Gasteiger partial charge in [0.15, 0.2) is 18.1 Å². The van der Waals surface area contributed by atoms with Gasteiger partial charge >= 0.3 is 19.8 Å². The molecule has 7 aromatic heterocycles. The molecule has 6 amide bonds. The topological polar surface area (TPSA) is 500 Å². The number of ether oxygens (including phenoxy) is 6. The summed E-state index contributed by atoms with van der Waals surface area (Å²) in [6, 6.07) is 0.179. The number of amides is 6. The summed E-state index contributed by atoms with van der Waals surface area (Å²) in [5.41, 5.74) is 1.28. The Labute approximate surface area is 607 Å². The number of carbonyl (C=O) groups is 8. The number of aliphatic hydroxyl groups excluding tert-OH is 1. The van der Waals surface area contributed by atoms with Crippen LogP contribution >= 0.6 is 64.5 Å². The van der Waals surface area contributed by atoms with Crippen LogP contribution in [0.25, 0.3) is 49.3 Å². The lowest BCUT2D eigenvalue weighted by Gasteiger charge is -2.48. The third-order valence-corrected chi connectivity index (χ3v) is 21.6. The highest BCUT2D eigenvalue weighted by atomic mass is 32.1. The van der Waals surface area contributed by atoms with Crippen LogP contribution in [0.3, 0.4) is 0 Å². The minimum atomic E-state index is -5.28. The lowest BCUT2D eigenvalue weighted by atomic mass is 9.85. The maximum atomic E-state index is 15.5. The monoisotopic (exact) mass is 1550 g/mol. The number of phosphoric acid groups is 1. The number of thiazole rings is 5. The van der Waals surface area contributed by atoms with Crippen molar-refractivity contribution in [1.29, 1.82) is 0 Å². The number of aromatic nitrogens is 7. The average Bonchev–Trinajstić information content (AvgIpc) is 1.60. The summed E-state index contributed by atoms with van der Waals surface area (Å²) in [6.07, 6.45) is -7.94. The van der Waals surface area contributed by atoms with Gasteiger partial charge in [-0.3, -0.25) is 28.8 Å². The van der Waals surface area contributed by atoms with Crippen molar-refractivity contribution in [3.63, 3.8) is 0 Å². The number of pyridine rings is 1. The van der Waals surface area contributed by atoms with Crippen molar-refractivity contribution in [3.8, 4) is 38.4 Å². The molecule has 10 atom stereocenters. The quantitative estimate of drug-likeness (QED) is 0.0260. The number of carbonyl (C=O) groups excluding carboxylic acids is 8. The normalized spacial score (nSPS) is 23.5. The van der Waals surface area contributed by atoms with Gasteiger partial charge in [0, 0.05) is 49.8 Å². The number of aromatic hydroxyl groups is 1. The molecule has 0 radical (unpaired) electrons. The second-order valence-electron chi connectivity index (χ2n) is 24.2. The standard InChI is InChI=1S/C62H63N14O22PS5/c1-23(49(63)79)64-50(80)32-19-103-58(69-32)43-37(78)12-28-42(71-43)31-17-101-56(66-31)30-16-94-60(85)45-29-15-92-46(47(98-38-13-62(5,87)48(75(6)7)26(4)97-38)61(86)93-14-27-10-9-11-36(39(27)29)76(45)95-22-96-99(88,89)90)44(59-70-33(20-104-59)51(81)65-30)74-53(83)35-21-102-57(68-35)41(25(3)91-8)73-54(84)40(24(2)77)72-52(82)34-18-100-55(28)67-34/h9-12,17-21,24,26,30,38,40,44,46-48,77-78,87H,1,13-16,22H2,2-8H3,(H2,63,79)(H,64,80)(H,65,81)(H,72,82)(H,73,84)(H,74,83)(H2,88,89,90)/b41-25+/t24-,26+,30+,38?,40+,44+,46+,47+,48-,62+/m1/s1. The number of phosphoric ester groups is 1. The molecule has 0 aliphatic carbocycles. The van der Waals surface area contributed by atoms with E-state index in [1.165, 1.54) is 66.1 Å². The molecule has 8 aromatic rings. The van der Waals surface area contributed by atoms with Crippen LogP contribution in [0.15, 0.2) is 69.2 Å². The molecule has 1 saturated heterocycles. The Morgan fingerprint density at radius 3 is 2.24 bits per heavy atom. The first-order valence-corrected chi connectivity index (χ1v) is 36.9. The van der Waals surface area contributed by atoms with E-state index in [1.807, 2.05) is 0 Å². The highest BCUT2D eigenvalue weighted by molar-refractivity contribution is 7.46. The molecule has 12 rings (SSSR count). The number of fused-ring (bicyclic) bond motifs is 15. The fraction of sp³-hybridized carbons (Fsp3) is 0.355. The third-order valence-electron chi connectivity index (χ3n) is 16.7. The van der Waals surface area contributed by atoms with E-state index >= 15 is 19.2 Å². The predicted molar refractivity (Wildman–Crippen MR) is 367 cm³/mol. The van der Waals surface area contributed by atoms with Crippen molar-refractivity contribution in [2.24, 2.45) is 5.73 Å². The van der Waals surface area contributed by atoms with Crippen molar-refractivity contribution in [3.05, 3.63) is 124 Å². The zero-order valence-electron chi connectivity index (χ0n) is 55.5. The second kappa shape index (κ2) is 30.0. The highest BCUT2D eigenvalue weighted by Gasteiger charge is 2.50. The number of methoxy groups -OCH3 is 1. The van der Waals surface area contributed by atoms with E-state index in [1.54, 1.807) is 38.9 Å². The number of likely N-dealkylation sites (N-methyl/N-ethyl adjacent to an activating group) is 1. The first-order chi connectivity index (χ1) is 49.4. The van der Waals surface area contributed by atoms with Crippen LogP contribution in [0.5, 0.6) is 5.75 Å².